The van der Waals surface area contributed by atoms with E-state index < -0.39 is 0 Å². The third-order valence-electron chi connectivity index (χ3n) is 2.78. The van der Waals surface area contributed by atoms with Gasteiger partial charge in [-0.25, -0.2) is 4.98 Å². The molecular formula is C13H12N4OS2. The molecule has 3 aromatic rings. The standard InChI is InChI=1S/C13H12N4OS2/c1-7-3-4-10(20-7)9-5-11(17-16-9)15-13(18)12-8(2)14-6-19-12/h3-6H,1-2H3,(H2,15,16,17,18). The van der Waals surface area contributed by atoms with Crippen LogP contribution in [0, 0.1) is 13.8 Å². The summed E-state index contributed by atoms with van der Waals surface area (Å²) in [6.07, 6.45) is 0. The molecule has 0 spiro atoms. The van der Waals surface area contributed by atoms with Gasteiger partial charge in [0, 0.05) is 10.9 Å². The number of carbonyl (C=O) groups is 1. The Kier molecular flexibility index (Phi) is 3.37. The first kappa shape index (κ1) is 13.0. The first-order chi connectivity index (χ1) is 9.63. The van der Waals surface area contributed by atoms with Crippen molar-refractivity contribution in [1.29, 1.82) is 0 Å². The second-order valence-electron chi connectivity index (χ2n) is 4.30. The topological polar surface area (TPSA) is 70.7 Å². The molecule has 0 aliphatic rings. The normalized spacial score (nSPS) is 10.7. The number of nitrogens with zero attached hydrogens (tertiary/aromatic N) is 2. The van der Waals surface area contributed by atoms with E-state index in [-0.39, 0.29) is 5.91 Å². The highest BCUT2D eigenvalue weighted by Gasteiger charge is 2.14. The Balaban J connectivity index is 1.78. The summed E-state index contributed by atoms with van der Waals surface area (Å²) < 4.78 is 0. The van der Waals surface area contributed by atoms with Gasteiger partial charge in [-0.05, 0) is 26.0 Å². The number of nitrogens with one attached hydrogen (secondary N) is 2. The molecule has 3 heterocycles. The fraction of sp³-hybridized carbons (Fsp3) is 0.154. The number of carbonyl (C=O) groups excluding carboxylic acids is 1. The van der Waals surface area contributed by atoms with Crippen LogP contribution in [-0.2, 0) is 0 Å². The van der Waals surface area contributed by atoms with E-state index in [9.17, 15) is 4.79 Å². The number of aromatic amines is 1. The quantitative estimate of drug-likeness (QED) is 0.778. The van der Waals surface area contributed by atoms with Gasteiger partial charge >= 0.3 is 0 Å². The summed E-state index contributed by atoms with van der Waals surface area (Å²) in [7, 11) is 0. The molecule has 3 aromatic heterocycles. The van der Waals surface area contributed by atoms with E-state index in [4.69, 9.17) is 0 Å². The molecule has 0 unspecified atom stereocenters. The molecular weight excluding hydrogens is 292 g/mol. The third-order valence-corrected chi connectivity index (χ3v) is 4.74. The fourth-order valence-corrected chi connectivity index (χ4v) is 3.32. The number of aromatic nitrogens is 3. The average molecular weight is 304 g/mol. The highest BCUT2D eigenvalue weighted by Crippen LogP contribution is 2.27. The van der Waals surface area contributed by atoms with Crippen molar-refractivity contribution in [1.82, 2.24) is 15.2 Å². The predicted molar refractivity (Wildman–Crippen MR) is 81.4 cm³/mol. The first-order valence-electron chi connectivity index (χ1n) is 5.97. The van der Waals surface area contributed by atoms with E-state index in [0.717, 1.165) is 16.3 Å². The van der Waals surface area contributed by atoms with Crippen LogP contribution >= 0.6 is 22.7 Å². The first-order valence-corrected chi connectivity index (χ1v) is 7.67. The zero-order valence-electron chi connectivity index (χ0n) is 10.9. The van der Waals surface area contributed by atoms with Crippen LogP contribution in [0.5, 0.6) is 0 Å². The lowest BCUT2D eigenvalue weighted by Crippen LogP contribution is -2.11. The molecule has 0 atom stereocenters. The summed E-state index contributed by atoms with van der Waals surface area (Å²) in [4.78, 5) is 19.1. The Morgan fingerprint density at radius 1 is 1.35 bits per heavy atom. The van der Waals surface area contributed by atoms with Gasteiger partial charge in [-0.15, -0.1) is 22.7 Å². The summed E-state index contributed by atoms with van der Waals surface area (Å²) in [5, 5.41) is 9.83. The van der Waals surface area contributed by atoms with Gasteiger partial charge < -0.3 is 5.32 Å². The van der Waals surface area contributed by atoms with Gasteiger partial charge in [-0.1, -0.05) is 0 Å². The van der Waals surface area contributed by atoms with Gasteiger partial charge in [0.15, 0.2) is 5.82 Å². The van der Waals surface area contributed by atoms with Gasteiger partial charge in [-0.2, -0.15) is 5.10 Å². The molecule has 2 N–H and O–H groups in total. The van der Waals surface area contributed by atoms with Gasteiger partial charge in [0.25, 0.3) is 5.91 Å². The van der Waals surface area contributed by atoms with Crippen LogP contribution in [0.4, 0.5) is 5.82 Å². The van der Waals surface area contributed by atoms with E-state index in [1.165, 1.54) is 16.2 Å². The monoisotopic (exact) mass is 304 g/mol. The Morgan fingerprint density at radius 2 is 2.20 bits per heavy atom. The lowest BCUT2D eigenvalue weighted by atomic mass is 10.3. The molecule has 0 fully saturated rings. The van der Waals surface area contributed by atoms with Gasteiger partial charge in [0.05, 0.1) is 21.8 Å². The minimum atomic E-state index is -0.176. The largest absolute Gasteiger partial charge is 0.304 e. The van der Waals surface area contributed by atoms with E-state index in [2.05, 4.69) is 33.5 Å². The Hall–Kier alpha value is -1.99. The lowest BCUT2D eigenvalue weighted by Gasteiger charge is -1.98. The molecule has 0 saturated heterocycles. The summed E-state index contributed by atoms with van der Waals surface area (Å²) in [6.45, 7) is 3.87. The molecule has 102 valence electrons. The summed E-state index contributed by atoms with van der Waals surface area (Å²) >= 11 is 3.01. The summed E-state index contributed by atoms with van der Waals surface area (Å²) in [5.74, 6) is 0.342. The summed E-state index contributed by atoms with van der Waals surface area (Å²) in [6, 6.07) is 5.92. The number of amides is 1. The SMILES string of the molecule is Cc1ccc(-c2cc(NC(=O)c3scnc3C)n[nH]2)s1. The lowest BCUT2D eigenvalue weighted by molar-refractivity contribution is 0.102. The van der Waals surface area contributed by atoms with Crippen LogP contribution in [0.15, 0.2) is 23.7 Å². The molecule has 0 aliphatic carbocycles. The van der Waals surface area contributed by atoms with Gasteiger partial charge in [0.1, 0.15) is 4.88 Å². The number of H-pyrrole nitrogens is 1. The number of thiazole rings is 1. The van der Waals surface area contributed by atoms with Crippen LogP contribution in [0.3, 0.4) is 0 Å². The van der Waals surface area contributed by atoms with Crippen molar-refractivity contribution >= 4 is 34.4 Å². The van der Waals surface area contributed by atoms with E-state index >= 15 is 0 Å². The molecule has 0 saturated carbocycles. The molecule has 0 bridgehead atoms. The number of aryl methyl sites for hydroxylation is 2. The van der Waals surface area contributed by atoms with Crippen LogP contribution in [-0.4, -0.2) is 21.1 Å². The van der Waals surface area contributed by atoms with Crippen molar-refractivity contribution in [3.63, 3.8) is 0 Å². The Labute approximate surface area is 123 Å². The predicted octanol–water partition coefficient (Wildman–Crippen LogP) is 3.46. The molecule has 5 nitrogen and oxygen atoms in total. The fourth-order valence-electron chi connectivity index (χ4n) is 1.78. The maximum Gasteiger partial charge on any atom is 0.268 e. The number of hydrogen-bond acceptors (Lipinski definition) is 5. The Bertz CT molecular complexity index is 756. The maximum atomic E-state index is 12.1. The van der Waals surface area contributed by atoms with E-state index in [0.29, 0.717) is 10.7 Å². The van der Waals surface area contributed by atoms with Crippen LogP contribution in [0.25, 0.3) is 10.6 Å². The average Bonchev–Trinajstić information content (AvgIpc) is 3.10. The maximum absolute atomic E-state index is 12.1. The highest BCUT2D eigenvalue weighted by molar-refractivity contribution is 7.15. The molecule has 1 amide bonds. The van der Waals surface area contributed by atoms with Crippen LogP contribution in [0.1, 0.15) is 20.2 Å². The van der Waals surface area contributed by atoms with Gasteiger partial charge in [-0.3, -0.25) is 9.89 Å². The number of anilines is 1. The van der Waals surface area contributed by atoms with Crippen molar-refractivity contribution in [3.05, 3.63) is 39.2 Å². The minimum absolute atomic E-state index is 0.176. The van der Waals surface area contributed by atoms with Crippen molar-refractivity contribution < 1.29 is 4.79 Å². The van der Waals surface area contributed by atoms with Crippen LogP contribution in [0.2, 0.25) is 0 Å². The summed E-state index contributed by atoms with van der Waals surface area (Å²) in [5.41, 5.74) is 3.30. The molecule has 7 heteroatoms. The molecule has 0 aromatic carbocycles. The minimum Gasteiger partial charge on any atom is -0.304 e. The van der Waals surface area contributed by atoms with Crippen molar-refractivity contribution in [2.75, 3.05) is 5.32 Å². The van der Waals surface area contributed by atoms with Crippen molar-refractivity contribution in [2.45, 2.75) is 13.8 Å². The van der Waals surface area contributed by atoms with Crippen LogP contribution < -0.4 is 5.32 Å². The highest BCUT2D eigenvalue weighted by atomic mass is 32.1. The zero-order valence-corrected chi connectivity index (χ0v) is 12.6. The number of rotatable bonds is 3. The smallest absolute Gasteiger partial charge is 0.268 e. The molecule has 0 aliphatic heterocycles. The molecule has 0 radical (unpaired) electrons. The van der Waals surface area contributed by atoms with E-state index in [1.807, 2.05) is 19.1 Å². The second-order valence-corrected chi connectivity index (χ2v) is 6.44. The van der Waals surface area contributed by atoms with E-state index in [1.54, 1.807) is 16.8 Å². The number of thiophene rings is 1. The van der Waals surface area contributed by atoms with Gasteiger partial charge in [0.2, 0.25) is 0 Å². The van der Waals surface area contributed by atoms with Crippen molar-refractivity contribution in [3.8, 4) is 10.6 Å². The number of hydrogen-bond donors (Lipinski definition) is 2. The Morgan fingerprint density at radius 3 is 2.85 bits per heavy atom. The second kappa shape index (κ2) is 5.18. The van der Waals surface area contributed by atoms with Crippen molar-refractivity contribution in [2.24, 2.45) is 0 Å². The molecule has 3 rings (SSSR count). The third kappa shape index (κ3) is 2.50. The molecule has 20 heavy (non-hydrogen) atoms. The zero-order chi connectivity index (χ0) is 14.1.